The molecule has 0 fully saturated rings. The quantitative estimate of drug-likeness (QED) is 0.662. The van der Waals surface area contributed by atoms with Crippen molar-refractivity contribution in [2.45, 2.75) is 13.3 Å². The number of hydrogen-bond donors (Lipinski definition) is 0. The van der Waals surface area contributed by atoms with Crippen molar-refractivity contribution >= 4 is 17.7 Å². The van der Waals surface area contributed by atoms with Crippen molar-refractivity contribution in [3.05, 3.63) is 41.0 Å². The monoisotopic (exact) mass is 216 g/mol. The summed E-state index contributed by atoms with van der Waals surface area (Å²) in [6, 6.07) is 6.19. The summed E-state index contributed by atoms with van der Waals surface area (Å²) in [6.45, 7) is 1.90. The molecule has 0 saturated carbocycles. The minimum absolute atomic E-state index is 0.0469. The van der Waals surface area contributed by atoms with E-state index in [4.69, 9.17) is 11.6 Å². The average Bonchev–Trinajstić information content (AvgIpc) is 2.18. The molecule has 0 aliphatic rings. The number of allylic oxidation sites excluding steroid dienone is 1. The van der Waals surface area contributed by atoms with Crippen LogP contribution in [-0.2, 0) is 0 Å². The molecule has 1 aromatic carbocycles. The van der Waals surface area contributed by atoms with Crippen LogP contribution in [-0.4, -0.2) is 5.88 Å². The van der Waals surface area contributed by atoms with E-state index in [2.05, 4.69) is 0 Å². The van der Waals surface area contributed by atoms with Crippen LogP contribution in [0.4, 0.5) is 8.78 Å². The molecule has 1 aromatic rings. The first-order valence-corrected chi connectivity index (χ1v) is 4.78. The van der Waals surface area contributed by atoms with Crippen LogP contribution in [0.2, 0.25) is 0 Å². The van der Waals surface area contributed by atoms with Crippen LogP contribution < -0.4 is 0 Å². The maximum absolute atomic E-state index is 12.2. The van der Waals surface area contributed by atoms with Crippen molar-refractivity contribution in [3.8, 4) is 0 Å². The van der Waals surface area contributed by atoms with Crippen LogP contribution in [0, 0.1) is 0 Å². The van der Waals surface area contributed by atoms with E-state index in [-0.39, 0.29) is 5.56 Å². The highest BCUT2D eigenvalue weighted by atomic mass is 35.5. The Balaban J connectivity index is 2.84. The Bertz CT molecular complexity index is 315. The molecule has 0 aromatic heterocycles. The SMILES string of the molecule is C/C(=C/c1ccc(C(F)F)cc1)CCl. The van der Waals surface area contributed by atoms with Gasteiger partial charge in [-0.2, -0.15) is 0 Å². The molecule has 0 bridgehead atoms. The van der Waals surface area contributed by atoms with E-state index >= 15 is 0 Å². The average molecular weight is 217 g/mol. The summed E-state index contributed by atoms with van der Waals surface area (Å²) in [7, 11) is 0. The van der Waals surface area contributed by atoms with Crippen LogP contribution in [0.3, 0.4) is 0 Å². The standard InChI is InChI=1S/C11H11ClF2/c1-8(7-12)6-9-2-4-10(5-3-9)11(13)14/h2-6,11H,7H2,1H3/b8-6-. The molecule has 14 heavy (non-hydrogen) atoms. The second kappa shape index (κ2) is 5.11. The van der Waals surface area contributed by atoms with Gasteiger partial charge in [-0.05, 0) is 12.5 Å². The minimum Gasteiger partial charge on any atom is -0.205 e. The second-order valence-electron chi connectivity index (χ2n) is 3.09. The molecule has 0 aliphatic heterocycles. The van der Waals surface area contributed by atoms with Gasteiger partial charge in [0.1, 0.15) is 0 Å². The molecule has 0 atom stereocenters. The van der Waals surface area contributed by atoms with E-state index in [1.165, 1.54) is 12.1 Å². The zero-order chi connectivity index (χ0) is 10.6. The Hall–Kier alpha value is -0.890. The largest absolute Gasteiger partial charge is 0.263 e. The van der Waals surface area contributed by atoms with Gasteiger partial charge in [0.25, 0.3) is 6.43 Å². The van der Waals surface area contributed by atoms with E-state index in [0.717, 1.165) is 11.1 Å². The van der Waals surface area contributed by atoms with Gasteiger partial charge in [0.15, 0.2) is 0 Å². The van der Waals surface area contributed by atoms with Crippen LogP contribution in [0.1, 0.15) is 24.5 Å². The maximum Gasteiger partial charge on any atom is 0.263 e. The lowest BCUT2D eigenvalue weighted by Crippen LogP contribution is -1.84. The fourth-order valence-electron chi connectivity index (χ4n) is 1.06. The molecule has 0 amide bonds. The Kier molecular flexibility index (Phi) is 4.08. The number of alkyl halides is 3. The molecule has 0 N–H and O–H groups in total. The molecule has 1 rings (SSSR count). The van der Waals surface area contributed by atoms with E-state index in [1.54, 1.807) is 12.1 Å². The van der Waals surface area contributed by atoms with E-state index in [1.807, 2.05) is 13.0 Å². The first-order valence-electron chi connectivity index (χ1n) is 4.24. The summed E-state index contributed by atoms with van der Waals surface area (Å²) < 4.78 is 24.4. The number of hydrogen-bond acceptors (Lipinski definition) is 0. The van der Waals surface area contributed by atoms with Crippen LogP contribution in [0.5, 0.6) is 0 Å². The Labute approximate surface area is 87.2 Å². The van der Waals surface area contributed by atoms with E-state index in [0.29, 0.717) is 5.88 Å². The third kappa shape index (κ3) is 3.11. The van der Waals surface area contributed by atoms with Gasteiger partial charge >= 0.3 is 0 Å². The lowest BCUT2D eigenvalue weighted by molar-refractivity contribution is 0.151. The minimum atomic E-state index is -2.40. The molecule has 3 heteroatoms. The third-order valence-electron chi connectivity index (χ3n) is 1.81. The highest BCUT2D eigenvalue weighted by Gasteiger charge is 2.04. The summed E-state index contributed by atoms with van der Waals surface area (Å²) in [5.41, 5.74) is 1.95. The molecule has 0 radical (unpaired) electrons. The lowest BCUT2D eigenvalue weighted by atomic mass is 10.1. The van der Waals surface area contributed by atoms with Gasteiger partial charge < -0.3 is 0 Å². The first kappa shape index (κ1) is 11.2. The van der Waals surface area contributed by atoms with Crippen molar-refractivity contribution < 1.29 is 8.78 Å². The zero-order valence-corrected chi connectivity index (χ0v) is 8.56. The number of halogens is 3. The fourth-order valence-corrected chi connectivity index (χ4v) is 1.14. The fraction of sp³-hybridized carbons (Fsp3) is 0.273. The van der Waals surface area contributed by atoms with Crippen molar-refractivity contribution in [1.29, 1.82) is 0 Å². The summed E-state index contributed by atoms with van der Waals surface area (Å²) in [4.78, 5) is 0. The maximum atomic E-state index is 12.2. The Morgan fingerprint density at radius 2 is 1.93 bits per heavy atom. The molecule has 0 unspecified atom stereocenters. The molecule has 0 nitrogen and oxygen atoms in total. The van der Waals surface area contributed by atoms with E-state index < -0.39 is 6.43 Å². The van der Waals surface area contributed by atoms with Crippen molar-refractivity contribution in [2.75, 3.05) is 5.88 Å². The van der Waals surface area contributed by atoms with Gasteiger partial charge in [-0.3, -0.25) is 0 Å². The lowest BCUT2D eigenvalue weighted by Gasteiger charge is -2.00. The number of benzene rings is 1. The highest BCUT2D eigenvalue weighted by Crippen LogP contribution is 2.19. The topological polar surface area (TPSA) is 0 Å². The van der Waals surface area contributed by atoms with Gasteiger partial charge in [-0.15, -0.1) is 11.6 Å². The van der Waals surface area contributed by atoms with Gasteiger partial charge in [-0.25, -0.2) is 8.78 Å². The number of rotatable bonds is 3. The second-order valence-corrected chi connectivity index (χ2v) is 3.36. The normalized spacial score (nSPS) is 12.2. The van der Waals surface area contributed by atoms with Crippen molar-refractivity contribution in [2.24, 2.45) is 0 Å². The molecule has 0 aliphatic carbocycles. The molecular formula is C11H11ClF2. The van der Waals surface area contributed by atoms with Crippen LogP contribution in [0.25, 0.3) is 6.08 Å². The van der Waals surface area contributed by atoms with Crippen molar-refractivity contribution in [3.63, 3.8) is 0 Å². The van der Waals surface area contributed by atoms with Gasteiger partial charge in [0, 0.05) is 11.4 Å². The Morgan fingerprint density at radius 1 is 1.36 bits per heavy atom. The first-order chi connectivity index (χ1) is 6.63. The van der Waals surface area contributed by atoms with Crippen LogP contribution in [0.15, 0.2) is 29.8 Å². The smallest absolute Gasteiger partial charge is 0.205 e. The summed E-state index contributed by atoms with van der Waals surface area (Å²) in [5.74, 6) is 0.455. The van der Waals surface area contributed by atoms with Gasteiger partial charge in [-0.1, -0.05) is 35.9 Å². The Morgan fingerprint density at radius 3 is 2.36 bits per heavy atom. The summed E-state index contributed by atoms with van der Waals surface area (Å²) in [6.07, 6.45) is -0.524. The predicted octanol–water partition coefficient (Wildman–Crippen LogP) is 4.27. The van der Waals surface area contributed by atoms with Crippen LogP contribution >= 0.6 is 11.6 Å². The molecular weight excluding hydrogens is 206 g/mol. The zero-order valence-electron chi connectivity index (χ0n) is 7.81. The van der Waals surface area contributed by atoms with Crippen molar-refractivity contribution in [1.82, 2.24) is 0 Å². The third-order valence-corrected chi connectivity index (χ3v) is 2.23. The molecule has 0 spiro atoms. The predicted molar refractivity (Wildman–Crippen MR) is 55.8 cm³/mol. The molecule has 0 saturated heterocycles. The molecule has 76 valence electrons. The van der Waals surface area contributed by atoms with Gasteiger partial charge in [0.2, 0.25) is 0 Å². The molecule has 0 heterocycles. The summed E-state index contributed by atoms with van der Waals surface area (Å²) in [5, 5.41) is 0. The van der Waals surface area contributed by atoms with E-state index in [9.17, 15) is 8.78 Å². The van der Waals surface area contributed by atoms with Gasteiger partial charge in [0.05, 0.1) is 0 Å². The highest BCUT2D eigenvalue weighted by molar-refractivity contribution is 6.19. The summed E-state index contributed by atoms with van der Waals surface area (Å²) >= 11 is 5.60.